The summed E-state index contributed by atoms with van der Waals surface area (Å²) in [6.07, 6.45) is 0. The molecule has 4 rings (SSSR count). The molecule has 1 aliphatic heterocycles. The molecule has 3 aromatic rings. The summed E-state index contributed by atoms with van der Waals surface area (Å²) in [7, 11) is 0. The Hall–Kier alpha value is -2.11. The molecule has 0 unspecified atom stereocenters. The molecule has 2 heterocycles. The third kappa shape index (κ3) is 3.06. The smallest absolute Gasteiger partial charge is 0.264 e. The maximum Gasteiger partial charge on any atom is 0.264 e. The van der Waals surface area contributed by atoms with E-state index in [0.29, 0.717) is 28.4 Å². The van der Waals surface area contributed by atoms with E-state index in [9.17, 15) is 9.18 Å². The van der Waals surface area contributed by atoms with E-state index in [-0.39, 0.29) is 11.7 Å². The van der Waals surface area contributed by atoms with Gasteiger partial charge in [-0.25, -0.2) is 4.39 Å². The number of halogens is 2. The van der Waals surface area contributed by atoms with E-state index in [4.69, 9.17) is 11.6 Å². The summed E-state index contributed by atoms with van der Waals surface area (Å²) in [5.74, 6) is -0.269. The van der Waals surface area contributed by atoms with E-state index in [0.717, 1.165) is 29.0 Å². The van der Waals surface area contributed by atoms with Crippen molar-refractivity contribution in [1.82, 2.24) is 4.90 Å². The molecule has 1 aromatic heterocycles. The molecule has 1 amide bonds. The molecular weight excluding hydrogens is 371 g/mol. The third-order valence-corrected chi connectivity index (χ3v) is 6.32. The van der Waals surface area contributed by atoms with Gasteiger partial charge in [0.1, 0.15) is 5.82 Å². The Morgan fingerprint density at radius 3 is 2.54 bits per heavy atom. The molecule has 0 N–H and O–H groups in total. The van der Waals surface area contributed by atoms with Crippen molar-refractivity contribution < 1.29 is 9.18 Å². The zero-order valence-electron chi connectivity index (χ0n) is 14.3. The summed E-state index contributed by atoms with van der Waals surface area (Å²) in [6.45, 7) is 4.62. The zero-order chi connectivity index (χ0) is 18.3. The normalized spacial score (nSPS) is 14.9. The quantitative estimate of drug-likeness (QED) is 0.619. The van der Waals surface area contributed by atoms with Crippen LogP contribution >= 0.6 is 22.9 Å². The summed E-state index contributed by atoms with van der Waals surface area (Å²) in [5.41, 5.74) is 1.81. The van der Waals surface area contributed by atoms with Crippen molar-refractivity contribution in [3.8, 4) is 0 Å². The number of aryl methyl sites for hydroxylation is 1. The van der Waals surface area contributed by atoms with Crippen LogP contribution in [0.1, 0.15) is 15.2 Å². The van der Waals surface area contributed by atoms with Gasteiger partial charge in [-0.3, -0.25) is 4.79 Å². The second-order valence-electron chi connectivity index (χ2n) is 6.43. The van der Waals surface area contributed by atoms with Gasteiger partial charge in [0, 0.05) is 47.0 Å². The van der Waals surface area contributed by atoms with E-state index >= 15 is 0 Å². The van der Waals surface area contributed by atoms with Gasteiger partial charge in [-0.1, -0.05) is 23.7 Å². The van der Waals surface area contributed by atoms with E-state index in [2.05, 4.69) is 4.90 Å². The monoisotopic (exact) mass is 388 g/mol. The second-order valence-corrected chi connectivity index (χ2v) is 7.92. The molecule has 2 aromatic carbocycles. The fourth-order valence-electron chi connectivity index (χ4n) is 3.44. The van der Waals surface area contributed by atoms with Crippen molar-refractivity contribution in [3.05, 3.63) is 63.7 Å². The number of fused-ring (bicyclic) bond motifs is 1. The SMILES string of the molecule is Cc1c(C(=O)N2CCN(c3cccc(Cl)c3)CC2)sc2cccc(F)c12. The van der Waals surface area contributed by atoms with E-state index in [1.54, 1.807) is 6.07 Å². The third-order valence-electron chi connectivity index (χ3n) is 4.84. The summed E-state index contributed by atoms with van der Waals surface area (Å²) in [5, 5.41) is 1.28. The zero-order valence-corrected chi connectivity index (χ0v) is 15.9. The highest BCUT2D eigenvalue weighted by Crippen LogP contribution is 2.33. The Kier molecular flexibility index (Phi) is 4.59. The molecule has 0 radical (unpaired) electrons. The Morgan fingerprint density at radius 1 is 1.12 bits per heavy atom. The first-order valence-corrected chi connectivity index (χ1v) is 9.71. The number of carbonyl (C=O) groups is 1. The van der Waals surface area contributed by atoms with Crippen LogP contribution in [0.4, 0.5) is 10.1 Å². The van der Waals surface area contributed by atoms with Gasteiger partial charge in [0.25, 0.3) is 5.91 Å². The number of hydrogen-bond acceptors (Lipinski definition) is 3. The Bertz CT molecular complexity index is 979. The van der Waals surface area contributed by atoms with Crippen molar-refractivity contribution in [3.63, 3.8) is 0 Å². The minimum absolute atomic E-state index is 0.00570. The Morgan fingerprint density at radius 2 is 1.85 bits per heavy atom. The van der Waals surface area contributed by atoms with Crippen molar-refractivity contribution in [1.29, 1.82) is 0 Å². The molecule has 3 nitrogen and oxygen atoms in total. The average Bonchev–Trinajstić information content (AvgIpc) is 2.99. The van der Waals surface area contributed by atoms with Crippen LogP contribution in [0.15, 0.2) is 42.5 Å². The summed E-state index contributed by atoms with van der Waals surface area (Å²) < 4.78 is 14.9. The number of piperazine rings is 1. The lowest BCUT2D eigenvalue weighted by Crippen LogP contribution is -2.48. The molecule has 6 heteroatoms. The minimum atomic E-state index is -0.263. The van der Waals surface area contributed by atoms with Gasteiger partial charge in [-0.15, -0.1) is 11.3 Å². The molecule has 0 bridgehead atoms. The standard InChI is InChI=1S/C20H18ClFN2OS/c1-13-18-16(22)6-3-7-17(18)26-19(13)20(25)24-10-8-23(9-11-24)15-5-2-4-14(21)12-15/h2-7,12H,8-11H2,1H3. The van der Waals surface area contributed by atoms with Crippen molar-refractivity contribution >= 4 is 44.6 Å². The Balaban J connectivity index is 1.52. The number of carbonyl (C=O) groups excluding carboxylic acids is 1. The summed E-state index contributed by atoms with van der Waals surface area (Å²) in [6, 6.07) is 12.8. The first-order chi connectivity index (χ1) is 12.5. The van der Waals surface area contributed by atoms with Crippen LogP contribution in [-0.2, 0) is 0 Å². The van der Waals surface area contributed by atoms with Gasteiger partial charge >= 0.3 is 0 Å². The predicted octanol–water partition coefficient (Wildman–Crippen LogP) is 4.96. The average molecular weight is 389 g/mol. The molecule has 0 saturated carbocycles. The van der Waals surface area contributed by atoms with Gasteiger partial charge in [-0.05, 0) is 42.8 Å². The molecular formula is C20H18ClFN2OS. The number of amides is 1. The molecule has 1 aliphatic rings. The molecule has 134 valence electrons. The minimum Gasteiger partial charge on any atom is -0.368 e. The number of thiophene rings is 1. The van der Waals surface area contributed by atoms with Crippen LogP contribution in [0.25, 0.3) is 10.1 Å². The first kappa shape index (κ1) is 17.3. The van der Waals surface area contributed by atoms with Crippen LogP contribution in [0.2, 0.25) is 5.02 Å². The van der Waals surface area contributed by atoms with Crippen LogP contribution in [0, 0.1) is 12.7 Å². The number of benzene rings is 2. The fraction of sp³-hybridized carbons (Fsp3) is 0.250. The molecule has 0 aliphatic carbocycles. The summed E-state index contributed by atoms with van der Waals surface area (Å²) in [4.78, 5) is 17.7. The number of hydrogen-bond donors (Lipinski definition) is 0. The van der Waals surface area contributed by atoms with Crippen molar-refractivity contribution in [2.45, 2.75) is 6.92 Å². The largest absolute Gasteiger partial charge is 0.368 e. The van der Waals surface area contributed by atoms with Gasteiger partial charge in [0.05, 0.1) is 4.88 Å². The van der Waals surface area contributed by atoms with Crippen molar-refractivity contribution in [2.75, 3.05) is 31.1 Å². The second kappa shape index (κ2) is 6.89. The van der Waals surface area contributed by atoms with Crippen LogP contribution in [-0.4, -0.2) is 37.0 Å². The molecule has 1 saturated heterocycles. The van der Waals surface area contributed by atoms with Crippen molar-refractivity contribution in [2.24, 2.45) is 0 Å². The maximum atomic E-state index is 14.1. The highest BCUT2D eigenvalue weighted by atomic mass is 35.5. The van der Waals surface area contributed by atoms with Gasteiger partial charge in [-0.2, -0.15) is 0 Å². The lowest BCUT2D eigenvalue weighted by molar-refractivity contribution is 0.0751. The molecule has 1 fully saturated rings. The van der Waals surface area contributed by atoms with E-state index in [1.807, 2.05) is 42.2 Å². The first-order valence-electron chi connectivity index (χ1n) is 8.52. The van der Waals surface area contributed by atoms with E-state index in [1.165, 1.54) is 17.4 Å². The highest BCUT2D eigenvalue weighted by Gasteiger charge is 2.26. The Labute approximate surface area is 160 Å². The van der Waals surface area contributed by atoms with Crippen LogP contribution in [0.5, 0.6) is 0 Å². The van der Waals surface area contributed by atoms with Gasteiger partial charge in [0.2, 0.25) is 0 Å². The molecule has 0 atom stereocenters. The van der Waals surface area contributed by atoms with Gasteiger partial charge in [0.15, 0.2) is 0 Å². The lowest BCUT2D eigenvalue weighted by Gasteiger charge is -2.36. The summed E-state index contributed by atoms with van der Waals surface area (Å²) >= 11 is 7.45. The number of rotatable bonds is 2. The lowest BCUT2D eigenvalue weighted by atomic mass is 10.1. The van der Waals surface area contributed by atoms with Gasteiger partial charge < -0.3 is 9.80 Å². The number of nitrogens with zero attached hydrogens (tertiary/aromatic N) is 2. The fourth-order valence-corrected chi connectivity index (χ4v) is 4.82. The van der Waals surface area contributed by atoms with E-state index < -0.39 is 0 Å². The molecule has 0 spiro atoms. The highest BCUT2D eigenvalue weighted by molar-refractivity contribution is 7.21. The van der Waals surface area contributed by atoms with Crippen LogP contribution in [0.3, 0.4) is 0 Å². The maximum absolute atomic E-state index is 14.1. The number of anilines is 1. The molecule has 26 heavy (non-hydrogen) atoms. The van der Waals surface area contributed by atoms with Crippen LogP contribution < -0.4 is 4.90 Å². The topological polar surface area (TPSA) is 23.6 Å². The predicted molar refractivity (Wildman–Crippen MR) is 106 cm³/mol.